The van der Waals surface area contributed by atoms with Crippen molar-refractivity contribution >= 4 is 28.3 Å². The van der Waals surface area contributed by atoms with E-state index in [-0.39, 0.29) is 6.10 Å². The van der Waals surface area contributed by atoms with Gasteiger partial charge >= 0.3 is 0 Å². The number of piperidine rings is 1. The summed E-state index contributed by atoms with van der Waals surface area (Å²) in [5, 5.41) is 1.34. The molecule has 106 valence electrons. The summed E-state index contributed by atoms with van der Waals surface area (Å²) in [6.45, 7) is 4.05. The van der Waals surface area contributed by atoms with Crippen LogP contribution in [0.5, 0.6) is 0 Å². The van der Waals surface area contributed by atoms with Crippen molar-refractivity contribution in [1.82, 2.24) is 9.97 Å². The van der Waals surface area contributed by atoms with Gasteiger partial charge in [0.15, 0.2) is 0 Å². The second-order valence-electron chi connectivity index (χ2n) is 5.32. The fourth-order valence-electron chi connectivity index (χ4n) is 2.81. The van der Waals surface area contributed by atoms with Crippen LogP contribution in [0, 0.1) is 5.92 Å². The summed E-state index contributed by atoms with van der Waals surface area (Å²) in [4.78, 5) is 11.0. The maximum Gasteiger partial charge on any atom is 0.224 e. The lowest BCUT2D eigenvalue weighted by Gasteiger charge is -2.37. The van der Waals surface area contributed by atoms with Gasteiger partial charge in [0.2, 0.25) is 5.28 Å². The SMILES string of the molecule is COC1CN(c2nc(Cl)nc3ccccc23)CCC1C. The smallest absolute Gasteiger partial charge is 0.224 e. The summed E-state index contributed by atoms with van der Waals surface area (Å²) >= 11 is 6.06. The fraction of sp³-hybridized carbons (Fsp3) is 0.467. The highest BCUT2D eigenvalue weighted by Gasteiger charge is 2.27. The number of anilines is 1. The van der Waals surface area contributed by atoms with Gasteiger partial charge in [-0.3, -0.25) is 0 Å². The largest absolute Gasteiger partial charge is 0.379 e. The molecule has 0 N–H and O–H groups in total. The highest BCUT2D eigenvalue weighted by Crippen LogP contribution is 2.29. The Morgan fingerprint density at radius 1 is 1.30 bits per heavy atom. The van der Waals surface area contributed by atoms with Gasteiger partial charge < -0.3 is 9.64 Å². The average Bonchev–Trinajstić information content (AvgIpc) is 2.47. The number of nitrogens with zero attached hydrogens (tertiary/aromatic N) is 3. The first-order valence-corrected chi connectivity index (χ1v) is 7.27. The molecule has 1 aliphatic heterocycles. The molecular formula is C15H18ClN3O. The van der Waals surface area contributed by atoms with Crippen molar-refractivity contribution in [3.05, 3.63) is 29.5 Å². The Morgan fingerprint density at radius 2 is 2.10 bits per heavy atom. The van der Waals surface area contributed by atoms with E-state index in [0.29, 0.717) is 11.2 Å². The van der Waals surface area contributed by atoms with Gasteiger partial charge in [0, 0.05) is 25.6 Å². The molecule has 3 rings (SSSR count). The van der Waals surface area contributed by atoms with Gasteiger partial charge in [0.05, 0.1) is 11.6 Å². The van der Waals surface area contributed by atoms with Crippen LogP contribution in [0.15, 0.2) is 24.3 Å². The first-order chi connectivity index (χ1) is 9.69. The molecule has 4 nitrogen and oxygen atoms in total. The van der Waals surface area contributed by atoms with Crippen molar-refractivity contribution in [3.8, 4) is 0 Å². The Morgan fingerprint density at radius 3 is 2.90 bits per heavy atom. The number of fused-ring (bicyclic) bond motifs is 1. The van der Waals surface area contributed by atoms with E-state index in [9.17, 15) is 0 Å². The molecule has 5 heteroatoms. The summed E-state index contributed by atoms with van der Waals surface area (Å²) in [5.41, 5.74) is 0.884. The zero-order chi connectivity index (χ0) is 14.1. The van der Waals surface area contributed by atoms with Crippen LogP contribution >= 0.6 is 11.6 Å². The van der Waals surface area contributed by atoms with E-state index in [0.717, 1.165) is 36.2 Å². The predicted octanol–water partition coefficient (Wildman–Crippen LogP) is 3.14. The van der Waals surface area contributed by atoms with Crippen LogP contribution in [0.1, 0.15) is 13.3 Å². The van der Waals surface area contributed by atoms with E-state index >= 15 is 0 Å². The third-order valence-electron chi connectivity index (χ3n) is 4.05. The molecule has 0 amide bonds. The van der Waals surface area contributed by atoms with Crippen molar-refractivity contribution < 1.29 is 4.74 Å². The molecule has 0 aliphatic carbocycles. The molecule has 20 heavy (non-hydrogen) atoms. The third kappa shape index (κ3) is 2.45. The summed E-state index contributed by atoms with van der Waals surface area (Å²) in [6, 6.07) is 7.97. The van der Waals surface area contributed by atoms with E-state index in [2.05, 4.69) is 21.8 Å². The van der Waals surface area contributed by atoms with Crippen molar-refractivity contribution in [2.75, 3.05) is 25.1 Å². The number of para-hydroxylation sites is 1. The highest BCUT2D eigenvalue weighted by molar-refractivity contribution is 6.28. The van der Waals surface area contributed by atoms with Crippen LogP contribution in [0.2, 0.25) is 5.28 Å². The van der Waals surface area contributed by atoms with Gasteiger partial charge in [0.1, 0.15) is 5.82 Å². The number of benzene rings is 1. The van der Waals surface area contributed by atoms with Crippen molar-refractivity contribution in [2.24, 2.45) is 5.92 Å². The predicted molar refractivity (Wildman–Crippen MR) is 81.3 cm³/mol. The van der Waals surface area contributed by atoms with Crippen LogP contribution < -0.4 is 4.90 Å². The van der Waals surface area contributed by atoms with E-state index in [1.807, 2.05) is 24.3 Å². The Hall–Kier alpha value is -1.39. The molecule has 2 unspecified atom stereocenters. The number of methoxy groups -OCH3 is 1. The van der Waals surface area contributed by atoms with Gasteiger partial charge in [-0.25, -0.2) is 4.98 Å². The molecule has 0 saturated carbocycles. The molecule has 1 aliphatic rings. The van der Waals surface area contributed by atoms with Gasteiger partial charge in [-0.2, -0.15) is 4.98 Å². The molecule has 1 fully saturated rings. The summed E-state index contributed by atoms with van der Waals surface area (Å²) in [5.74, 6) is 1.48. The standard InChI is InChI=1S/C15H18ClN3O/c1-10-7-8-19(9-13(10)20-2)14-11-5-3-4-6-12(11)17-15(16)18-14/h3-6,10,13H,7-9H2,1-2H3. The first kappa shape index (κ1) is 13.6. The minimum absolute atomic E-state index is 0.233. The Bertz CT molecular complexity index is 619. The lowest BCUT2D eigenvalue weighted by molar-refractivity contribution is 0.0497. The lowest BCUT2D eigenvalue weighted by Crippen LogP contribution is -2.44. The van der Waals surface area contributed by atoms with Gasteiger partial charge in [0.25, 0.3) is 0 Å². The van der Waals surface area contributed by atoms with Crippen molar-refractivity contribution in [2.45, 2.75) is 19.4 Å². The zero-order valence-electron chi connectivity index (χ0n) is 11.7. The van der Waals surface area contributed by atoms with E-state index in [1.54, 1.807) is 7.11 Å². The maximum absolute atomic E-state index is 6.06. The van der Waals surface area contributed by atoms with Crippen LogP contribution in [0.25, 0.3) is 10.9 Å². The van der Waals surface area contributed by atoms with Gasteiger partial charge in [-0.05, 0) is 36.1 Å². The fourth-order valence-corrected chi connectivity index (χ4v) is 2.98. The monoisotopic (exact) mass is 291 g/mol. The van der Waals surface area contributed by atoms with E-state index < -0.39 is 0 Å². The normalized spacial score (nSPS) is 23.2. The number of hydrogen-bond acceptors (Lipinski definition) is 4. The summed E-state index contributed by atoms with van der Waals surface area (Å²) in [7, 11) is 1.77. The van der Waals surface area contributed by atoms with Gasteiger partial charge in [-0.15, -0.1) is 0 Å². The molecule has 0 radical (unpaired) electrons. The van der Waals surface area contributed by atoms with Crippen LogP contribution in [0.3, 0.4) is 0 Å². The second-order valence-corrected chi connectivity index (χ2v) is 5.66. The lowest BCUT2D eigenvalue weighted by atomic mass is 9.95. The molecule has 2 atom stereocenters. The third-order valence-corrected chi connectivity index (χ3v) is 4.22. The van der Waals surface area contributed by atoms with Crippen LogP contribution in [-0.2, 0) is 4.74 Å². The van der Waals surface area contributed by atoms with E-state index in [1.165, 1.54) is 0 Å². The van der Waals surface area contributed by atoms with Crippen LogP contribution in [-0.4, -0.2) is 36.3 Å². The molecule has 2 heterocycles. The van der Waals surface area contributed by atoms with Crippen LogP contribution in [0.4, 0.5) is 5.82 Å². The number of rotatable bonds is 2. The molecular weight excluding hydrogens is 274 g/mol. The molecule has 1 aromatic heterocycles. The molecule has 0 spiro atoms. The van der Waals surface area contributed by atoms with E-state index in [4.69, 9.17) is 16.3 Å². The topological polar surface area (TPSA) is 38.2 Å². The molecule has 1 saturated heterocycles. The maximum atomic E-state index is 6.06. The average molecular weight is 292 g/mol. The Labute approximate surface area is 123 Å². The molecule has 1 aromatic carbocycles. The first-order valence-electron chi connectivity index (χ1n) is 6.89. The van der Waals surface area contributed by atoms with Crippen molar-refractivity contribution in [1.29, 1.82) is 0 Å². The van der Waals surface area contributed by atoms with Crippen molar-refractivity contribution in [3.63, 3.8) is 0 Å². The quantitative estimate of drug-likeness (QED) is 0.797. The Balaban J connectivity index is 2.01. The summed E-state index contributed by atoms with van der Waals surface area (Å²) < 4.78 is 5.58. The molecule has 0 bridgehead atoms. The minimum Gasteiger partial charge on any atom is -0.379 e. The minimum atomic E-state index is 0.233. The summed E-state index contributed by atoms with van der Waals surface area (Å²) in [6.07, 6.45) is 1.32. The number of hydrogen-bond donors (Lipinski definition) is 0. The number of ether oxygens (including phenoxy) is 1. The number of halogens is 1. The second kappa shape index (κ2) is 5.54. The molecule has 2 aromatic rings. The van der Waals surface area contributed by atoms with Gasteiger partial charge in [-0.1, -0.05) is 19.1 Å². The zero-order valence-corrected chi connectivity index (χ0v) is 12.5. The highest BCUT2D eigenvalue weighted by atomic mass is 35.5. The number of aromatic nitrogens is 2. The Kier molecular flexibility index (Phi) is 3.76.